The van der Waals surface area contributed by atoms with Crippen LogP contribution in [0.3, 0.4) is 0 Å². The number of carbonyl (C=O) groups excluding carboxylic acids is 2. The predicted molar refractivity (Wildman–Crippen MR) is 99.7 cm³/mol. The van der Waals surface area contributed by atoms with Crippen LogP contribution in [0, 0.1) is 5.92 Å². The summed E-state index contributed by atoms with van der Waals surface area (Å²) in [5.41, 5.74) is 1.41. The van der Waals surface area contributed by atoms with Crippen LogP contribution in [0.2, 0.25) is 0 Å². The summed E-state index contributed by atoms with van der Waals surface area (Å²) in [5.74, 6) is 0.504. The van der Waals surface area contributed by atoms with E-state index in [0.29, 0.717) is 35.1 Å². The number of hydrogen-bond acceptors (Lipinski definition) is 4. The SMILES string of the molecule is CN1CCC(COc2ccccc2N2C(=O)c3ccccc3C2=O)CC1. The van der Waals surface area contributed by atoms with Crippen LogP contribution in [-0.4, -0.2) is 43.5 Å². The Bertz CT molecular complexity index is 806. The maximum absolute atomic E-state index is 12.7. The molecule has 0 spiro atoms. The van der Waals surface area contributed by atoms with Crippen molar-refractivity contribution < 1.29 is 14.3 Å². The minimum Gasteiger partial charge on any atom is -0.491 e. The van der Waals surface area contributed by atoms with Crippen molar-refractivity contribution in [1.82, 2.24) is 4.90 Å². The summed E-state index contributed by atoms with van der Waals surface area (Å²) in [5, 5.41) is 0. The molecule has 0 radical (unpaired) electrons. The third kappa shape index (κ3) is 2.99. The fourth-order valence-corrected chi connectivity index (χ4v) is 3.61. The molecule has 134 valence electrons. The number of likely N-dealkylation sites (tertiary alicyclic amines) is 1. The number of benzene rings is 2. The number of nitrogens with zero attached hydrogens (tertiary/aromatic N) is 2. The van der Waals surface area contributed by atoms with Gasteiger partial charge in [0.2, 0.25) is 0 Å². The van der Waals surface area contributed by atoms with Crippen LogP contribution >= 0.6 is 0 Å². The molecule has 2 aromatic rings. The van der Waals surface area contributed by atoms with E-state index in [-0.39, 0.29) is 11.8 Å². The van der Waals surface area contributed by atoms with Gasteiger partial charge in [0.1, 0.15) is 5.75 Å². The first kappa shape index (κ1) is 16.8. The van der Waals surface area contributed by atoms with Gasteiger partial charge in [-0.15, -0.1) is 0 Å². The zero-order valence-corrected chi connectivity index (χ0v) is 14.9. The van der Waals surface area contributed by atoms with E-state index >= 15 is 0 Å². The fourth-order valence-electron chi connectivity index (χ4n) is 3.61. The van der Waals surface area contributed by atoms with Crippen molar-refractivity contribution in [3.8, 4) is 5.75 Å². The van der Waals surface area contributed by atoms with Gasteiger partial charge in [0, 0.05) is 0 Å². The molecule has 2 aromatic carbocycles. The highest BCUT2D eigenvalue weighted by Gasteiger charge is 2.37. The topological polar surface area (TPSA) is 49.9 Å². The molecule has 0 N–H and O–H groups in total. The van der Waals surface area contributed by atoms with Gasteiger partial charge in [-0.2, -0.15) is 0 Å². The van der Waals surface area contributed by atoms with E-state index in [4.69, 9.17) is 4.74 Å². The molecule has 0 saturated carbocycles. The second kappa shape index (κ2) is 6.92. The normalized spacial score (nSPS) is 18.3. The molecular weight excluding hydrogens is 328 g/mol. The van der Waals surface area contributed by atoms with E-state index in [1.807, 2.05) is 18.2 Å². The summed E-state index contributed by atoms with van der Waals surface area (Å²) in [6.07, 6.45) is 2.21. The standard InChI is InChI=1S/C21H22N2O3/c1-22-12-10-15(11-13-22)14-26-19-9-5-4-8-18(19)23-20(24)16-6-2-3-7-17(16)21(23)25/h2-9,15H,10-14H2,1H3. The number of rotatable bonds is 4. The van der Waals surface area contributed by atoms with Gasteiger partial charge >= 0.3 is 0 Å². The molecule has 4 rings (SSSR count). The molecule has 2 heterocycles. The molecule has 2 aliphatic rings. The van der Waals surface area contributed by atoms with Gasteiger partial charge in [0.15, 0.2) is 0 Å². The van der Waals surface area contributed by atoms with Crippen molar-refractivity contribution in [1.29, 1.82) is 0 Å². The van der Waals surface area contributed by atoms with Gasteiger partial charge in [-0.3, -0.25) is 9.59 Å². The number of piperidine rings is 1. The molecule has 2 amide bonds. The maximum atomic E-state index is 12.7. The van der Waals surface area contributed by atoms with Crippen molar-refractivity contribution in [2.75, 3.05) is 31.6 Å². The van der Waals surface area contributed by atoms with E-state index in [0.717, 1.165) is 25.9 Å². The number of anilines is 1. The zero-order chi connectivity index (χ0) is 18.1. The Labute approximate surface area is 153 Å². The van der Waals surface area contributed by atoms with Crippen LogP contribution in [0.25, 0.3) is 0 Å². The van der Waals surface area contributed by atoms with Gasteiger partial charge in [-0.25, -0.2) is 4.90 Å². The van der Waals surface area contributed by atoms with Gasteiger partial charge in [-0.05, 0) is 63.2 Å². The van der Waals surface area contributed by atoms with Gasteiger partial charge in [0.25, 0.3) is 11.8 Å². The first-order valence-corrected chi connectivity index (χ1v) is 9.03. The predicted octanol–water partition coefficient (Wildman–Crippen LogP) is 3.21. The Morgan fingerprint density at radius 1 is 0.923 bits per heavy atom. The highest BCUT2D eigenvalue weighted by Crippen LogP contribution is 2.35. The lowest BCUT2D eigenvalue weighted by Gasteiger charge is -2.29. The molecule has 5 nitrogen and oxygen atoms in total. The van der Waals surface area contributed by atoms with E-state index < -0.39 is 0 Å². The number of hydrogen-bond donors (Lipinski definition) is 0. The lowest BCUT2D eigenvalue weighted by molar-refractivity contribution is 0.0924. The van der Waals surface area contributed by atoms with E-state index in [2.05, 4.69) is 11.9 Å². The van der Waals surface area contributed by atoms with Crippen molar-refractivity contribution in [3.63, 3.8) is 0 Å². The van der Waals surface area contributed by atoms with Crippen LogP contribution < -0.4 is 9.64 Å². The van der Waals surface area contributed by atoms with E-state index in [1.165, 1.54) is 4.90 Å². The van der Waals surface area contributed by atoms with E-state index in [9.17, 15) is 9.59 Å². The molecule has 1 saturated heterocycles. The first-order valence-electron chi connectivity index (χ1n) is 9.03. The van der Waals surface area contributed by atoms with Crippen LogP contribution in [0.4, 0.5) is 5.69 Å². The average molecular weight is 350 g/mol. The van der Waals surface area contributed by atoms with Crippen molar-refractivity contribution in [2.24, 2.45) is 5.92 Å². The molecule has 0 aromatic heterocycles. The summed E-state index contributed by atoms with van der Waals surface area (Å²) in [6, 6.07) is 14.2. The van der Waals surface area contributed by atoms with Crippen LogP contribution in [0.1, 0.15) is 33.6 Å². The van der Waals surface area contributed by atoms with Gasteiger partial charge in [-0.1, -0.05) is 24.3 Å². The lowest BCUT2D eigenvalue weighted by Crippen LogP contribution is -2.33. The lowest BCUT2D eigenvalue weighted by atomic mass is 9.98. The highest BCUT2D eigenvalue weighted by molar-refractivity contribution is 6.34. The Hall–Kier alpha value is -2.66. The van der Waals surface area contributed by atoms with E-state index in [1.54, 1.807) is 30.3 Å². The quantitative estimate of drug-likeness (QED) is 0.795. The Balaban J connectivity index is 1.55. The van der Waals surface area contributed by atoms with Crippen LogP contribution in [0.15, 0.2) is 48.5 Å². The van der Waals surface area contributed by atoms with Crippen LogP contribution in [0.5, 0.6) is 5.75 Å². The Kier molecular flexibility index (Phi) is 4.47. The molecule has 2 aliphatic heterocycles. The Morgan fingerprint density at radius 3 is 2.15 bits per heavy atom. The smallest absolute Gasteiger partial charge is 0.266 e. The highest BCUT2D eigenvalue weighted by atomic mass is 16.5. The summed E-state index contributed by atoms with van der Waals surface area (Å²) >= 11 is 0. The Morgan fingerprint density at radius 2 is 1.50 bits per heavy atom. The van der Waals surface area contributed by atoms with Crippen molar-refractivity contribution in [3.05, 3.63) is 59.7 Å². The number of para-hydroxylation sites is 2. The van der Waals surface area contributed by atoms with Gasteiger partial charge < -0.3 is 9.64 Å². The zero-order valence-electron chi connectivity index (χ0n) is 14.9. The summed E-state index contributed by atoms with van der Waals surface area (Å²) in [6.45, 7) is 2.76. The second-order valence-corrected chi connectivity index (χ2v) is 7.02. The van der Waals surface area contributed by atoms with Crippen molar-refractivity contribution in [2.45, 2.75) is 12.8 Å². The van der Waals surface area contributed by atoms with Crippen LogP contribution in [-0.2, 0) is 0 Å². The number of imide groups is 1. The third-order valence-electron chi connectivity index (χ3n) is 5.21. The number of amides is 2. The fraction of sp³-hybridized carbons (Fsp3) is 0.333. The number of ether oxygens (including phenoxy) is 1. The summed E-state index contributed by atoms with van der Waals surface area (Å²) in [7, 11) is 2.13. The molecule has 0 aliphatic carbocycles. The monoisotopic (exact) mass is 350 g/mol. The molecule has 0 unspecified atom stereocenters. The largest absolute Gasteiger partial charge is 0.491 e. The first-order chi connectivity index (χ1) is 12.6. The average Bonchev–Trinajstić information content (AvgIpc) is 2.93. The minimum absolute atomic E-state index is 0.291. The molecular formula is C21H22N2O3. The molecule has 1 fully saturated rings. The molecule has 26 heavy (non-hydrogen) atoms. The third-order valence-corrected chi connectivity index (χ3v) is 5.21. The number of carbonyl (C=O) groups is 2. The molecule has 5 heteroatoms. The van der Waals surface area contributed by atoms with Crippen molar-refractivity contribution >= 4 is 17.5 Å². The second-order valence-electron chi connectivity index (χ2n) is 7.02. The summed E-state index contributed by atoms with van der Waals surface area (Å²) in [4.78, 5) is 29.0. The minimum atomic E-state index is -0.291. The van der Waals surface area contributed by atoms with Gasteiger partial charge in [0.05, 0.1) is 23.4 Å². The maximum Gasteiger partial charge on any atom is 0.266 e. The summed E-state index contributed by atoms with van der Waals surface area (Å²) < 4.78 is 6.06. The number of fused-ring (bicyclic) bond motifs is 1. The molecule has 0 atom stereocenters. The molecule has 0 bridgehead atoms.